The number of pyridine rings is 1. The second-order valence-electron chi connectivity index (χ2n) is 2.94. The largest absolute Gasteiger partial charge is 0.217 e. The average Bonchev–Trinajstić information content (AvgIpc) is 2.45. The second kappa shape index (κ2) is 3.17. The summed E-state index contributed by atoms with van der Waals surface area (Å²) in [6.07, 6.45) is 0. The quantitative estimate of drug-likeness (QED) is 0.642. The highest BCUT2D eigenvalue weighted by molar-refractivity contribution is 5.21. The maximum Gasteiger partial charge on any atom is 0.214 e. The summed E-state index contributed by atoms with van der Waals surface area (Å²) < 4.78 is 14.3. The third-order valence-corrected chi connectivity index (χ3v) is 1.79. The molecule has 0 saturated heterocycles. The zero-order valence-corrected chi connectivity index (χ0v) is 7.90. The van der Waals surface area contributed by atoms with Crippen molar-refractivity contribution < 1.29 is 4.39 Å². The first kappa shape index (κ1) is 8.80. The van der Waals surface area contributed by atoms with Crippen LogP contribution in [0.5, 0.6) is 0 Å². The summed E-state index contributed by atoms with van der Waals surface area (Å²) in [5.74, 6) is 1.27. The van der Waals surface area contributed by atoms with Gasteiger partial charge in [0.05, 0.1) is 0 Å². The summed E-state index contributed by atoms with van der Waals surface area (Å²) >= 11 is 0. The summed E-state index contributed by atoms with van der Waals surface area (Å²) in [4.78, 5) is 7.82. The van der Waals surface area contributed by atoms with Crippen molar-refractivity contribution in [1.82, 2.24) is 19.7 Å². The number of aromatic nitrogens is 4. The lowest BCUT2D eigenvalue weighted by atomic mass is 10.4. The molecule has 0 saturated carbocycles. The van der Waals surface area contributed by atoms with Gasteiger partial charge in [0.1, 0.15) is 11.6 Å². The predicted octanol–water partition coefficient (Wildman–Crippen LogP) is 1.42. The van der Waals surface area contributed by atoms with E-state index in [-0.39, 0.29) is 0 Å². The van der Waals surface area contributed by atoms with Crippen LogP contribution in [0.3, 0.4) is 0 Å². The van der Waals surface area contributed by atoms with E-state index in [1.165, 1.54) is 10.7 Å². The van der Waals surface area contributed by atoms with Gasteiger partial charge in [-0.25, -0.2) is 9.97 Å². The van der Waals surface area contributed by atoms with Gasteiger partial charge in [0.15, 0.2) is 5.82 Å². The molecule has 0 N–H and O–H groups in total. The summed E-state index contributed by atoms with van der Waals surface area (Å²) in [7, 11) is 0. The van der Waals surface area contributed by atoms with Gasteiger partial charge < -0.3 is 0 Å². The highest BCUT2D eigenvalue weighted by atomic mass is 19.1. The first-order valence-electron chi connectivity index (χ1n) is 4.20. The van der Waals surface area contributed by atoms with Crippen LogP contribution in [0.4, 0.5) is 4.39 Å². The first-order chi connectivity index (χ1) is 6.66. The smallest absolute Gasteiger partial charge is 0.214 e. The molecule has 0 spiro atoms. The van der Waals surface area contributed by atoms with Crippen LogP contribution in [-0.2, 0) is 0 Å². The molecular formula is C9H9FN4. The van der Waals surface area contributed by atoms with E-state index >= 15 is 0 Å². The molecule has 0 atom stereocenters. The van der Waals surface area contributed by atoms with Gasteiger partial charge in [-0.15, -0.1) is 5.10 Å². The normalized spacial score (nSPS) is 10.5. The molecule has 72 valence electrons. The molecule has 4 nitrogen and oxygen atoms in total. The van der Waals surface area contributed by atoms with Crippen LogP contribution in [0.2, 0.25) is 0 Å². The first-order valence-corrected chi connectivity index (χ1v) is 4.20. The molecule has 0 amide bonds. The summed E-state index contributed by atoms with van der Waals surface area (Å²) in [6, 6.07) is 4.57. The van der Waals surface area contributed by atoms with E-state index in [4.69, 9.17) is 0 Å². The van der Waals surface area contributed by atoms with E-state index < -0.39 is 5.95 Å². The van der Waals surface area contributed by atoms with Crippen molar-refractivity contribution in [3.8, 4) is 5.82 Å². The van der Waals surface area contributed by atoms with Gasteiger partial charge in [0.25, 0.3) is 0 Å². The van der Waals surface area contributed by atoms with E-state index in [9.17, 15) is 4.39 Å². The van der Waals surface area contributed by atoms with Gasteiger partial charge in [0.2, 0.25) is 5.95 Å². The fraction of sp³-hybridized carbons (Fsp3) is 0.222. The lowest BCUT2D eigenvalue weighted by Gasteiger charge is -2.00. The Morgan fingerprint density at radius 2 is 2.00 bits per heavy atom. The molecule has 0 radical (unpaired) electrons. The minimum atomic E-state index is -0.518. The lowest BCUT2D eigenvalue weighted by Crippen LogP contribution is -2.02. The predicted molar refractivity (Wildman–Crippen MR) is 48.6 cm³/mol. The van der Waals surface area contributed by atoms with E-state index in [0.717, 1.165) is 0 Å². The van der Waals surface area contributed by atoms with Crippen molar-refractivity contribution in [3.63, 3.8) is 0 Å². The zero-order chi connectivity index (χ0) is 10.1. The highest BCUT2D eigenvalue weighted by Gasteiger charge is 2.06. The third kappa shape index (κ3) is 1.48. The summed E-state index contributed by atoms with van der Waals surface area (Å²) in [5, 5.41) is 4.10. The SMILES string of the molecule is Cc1nc(C)n(-c2cccc(F)n2)n1. The fourth-order valence-electron chi connectivity index (χ4n) is 1.25. The molecule has 2 rings (SSSR count). The Morgan fingerprint density at radius 3 is 2.57 bits per heavy atom. The molecule has 2 aromatic heterocycles. The topological polar surface area (TPSA) is 43.6 Å². The van der Waals surface area contributed by atoms with Crippen LogP contribution in [-0.4, -0.2) is 19.7 Å². The number of rotatable bonds is 1. The van der Waals surface area contributed by atoms with Gasteiger partial charge in [-0.2, -0.15) is 9.07 Å². The van der Waals surface area contributed by atoms with Crippen LogP contribution < -0.4 is 0 Å². The Kier molecular flexibility index (Phi) is 1.99. The zero-order valence-electron chi connectivity index (χ0n) is 7.90. The van der Waals surface area contributed by atoms with E-state index in [0.29, 0.717) is 17.5 Å². The maximum absolute atomic E-state index is 12.8. The molecule has 0 aliphatic carbocycles. The molecule has 0 aliphatic rings. The number of aryl methyl sites for hydroxylation is 2. The van der Waals surface area contributed by atoms with Gasteiger partial charge in [-0.05, 0) is 26.0 Å². The second-order valence-corrected chi connectivity index (χ2v) is 2.94. The van der Waals surface area contributed by atoms with Crippen LogP contribution in [0.25, 0.3) is 5.82 Å². The minimum absolute atomic E-state index is 0.447. The monoisotopic (exact) mass is 192 g/mol. The molecule has 0 fully saturated rings. The Morgan fingerprint density at radius 1 is 1.21 bits per heavy atom. The molecule has 14 heavy (non-hydrogen) atoms. The summed E-state index contributed by atoms with van der Waals surface area (Å²) in [6.45, 7) is 3.58. The molecule has 0 unspecified atom stereocenters. The number of hydrogen-bond donors (Lipinski definition) is 0. The van der Waals surface area contributed by atoms with Gasteiger partial charge >= 0.3 is 0 Å². The Labute approximate surface area is 80.4 Å². The van der Waals surface area contributed by atoms with Gasteiger partial charge in [-0.1, -0.05) is 6.07 Å². The van der Waals surface area contributed by atoms with Crippen molar-refractivity contribution in [2.45, 2.75) is 13.8 Å². The number of nitrogens with zero attached hydrogens (tertiary/aromatic N) is 4. The maximum atomic E-state index is 12.8. The Balaban J connectivity index is 2.54. The molecule has 0 aromatic carbocycles. The highest BCUT2D eigenvalue weighted by Crippen LogP contribution is 2.06. The number of halogens is 1. The van der Waals surface area contributed by atoms with Crippen molar-refractivity contribution >= 4 is 0 Å². The van der Waals surface area contributed by atoms with Crippen molar-refractivity contribution in [3.05, 3.63) is 35.8 Å². The minimum Gasteiger partial charge on any atom is -0.217 e. The Bertz CT molecular complexity index is 464. The molecule has 5 heteroatoms. The Hall–Kier alpha value is -1.78. The van der Waals surface area contributed by atoms with E-state index in [1.54, 1.807) is 26.0 Å². The molecule has 0 bridgehead atoms. The summed E-state index contributed by atoms with van der Waals surface area (Å²) in [5.41, 5.74) is 0. The van der Waals surface area contributed by atoms with Gasteiger partial charge in [-0.3, -0.25) is 0 Å². The van der Waals surface area contributed by atoms with Crippen LogP contribution in [0.15, 0.2) is 18.2 Å². The molecular weight excluding hydrogens is 183 g/mol. The average molecular weight is 192 g/mol. The standard InChI is InChI=1S/C9H9FN4/c1-6-11-7(2)14(13-6)9-5-3-4-8(10)12-9/h3-5H,1-2H3. The third-order valence-electron chi connectivity index (χ3n) is 1.79. The molecule has 2 heterocycles. The lowest BCUT2D eigenvalue weighted by molar-refractivity contribution is 0.576. The van der Waals surface area contributed by atoms with Crippen molar-refractivity contribution in [2.24, 2.45) is 0 Å². The van der Waals surface area contributed by atoms with Crippen molar-refractivity contribution in [1.29, 1.82) is 0 Å². The van der Waals surface area contributed by atoms with Crippen LogP contribution in [0, 0.1) is 19.8 Å². The van der Waals surface area contributed by atoms with Crippen LogP contribution in [0.1, 0.15) is 11.6 Å². The van der Waals surface area contributed by atoms with Gasteiger partial charge in [0, 0.05) is 0 Å². The molecule has 0 aliphatic heterocycles. The van der Waals surface area contributed by atoms with Crippen LogP contribution >= 0.6 is 0 Å². The van der Waals surface area contributed by atoms with Crippen molar-refractivity contribution in [2.75, 3.05) is 0 Å². The number of hydrogen-bond acceptors (Lipinski definition) is 3. The molecule has 2 aromatic rings. The van der Waals surface area contributed by atoms with E-state index in [1.807, 2.05) is 0 Å². The van der Waals surface area contributed by atoms with E-state index in [2.05, 4.69) is 15.1 Å². The fourth-order valence-corrected chi connectivity index (χ4v) is 1.25.